The monoisotopic (exact) mass is 469 g/mol. The maximum Gasteiger partial charge on any atom is 0.407 e. The SMILES string of the molecule is CC(C)(C)OC(=O)N[C@H]1CCCN(S(=O)(=O)c2cccc3cncc(Br)c23)C1. The van der Waals surface area contributed by atoms with Crippen LogP contribution in [0.3, 0.4) is 0 Å². The Morgan fingerprint density at radius 2 is 2.07 bits per heavy atom. The molecule has 1 amide bonds. The van der Waals surface area contributed by atoms with Crippen LogP contribution in [0, 0.1) is 0 Å². The van der Waals surface area contributed by atoms with Crippen LogP contribution in [0.4, 0.5) is 4.79 Å². The van der Waals surface area contributed by atoms with Crippen molar-refractivity contribution >= 4 is 42.8 Å². The summed E-state index contributed by atoms with van der Waals surface area (Å²) in [7, 11) is -3.73. The number of alkyl carbamates (subject to hydrolysis) is 1. The number of rotatable bonds is 3. The summed E-state index contributed by atoms with van der Waals surface area (Å²) in [6.45, 7) is 5.99. The van der Waals surface area contributed by atoms with Crippen molar-refractivity contribution in [2.75, 3.05) is 13.1 Å². The average molecular weight is 470 g/mol. The fraction of sp³-hybridized carbons (Fsp3) is 0.474. The third-order valence-corrected chi connectivity index (χ3v) is 6.93. The highest BCUT2D eigenvalue weighted by molar-refractivity contribution is 9.10. The molecule has 3 rings (SSSR count). The number of benzene rings is 1. The maximum atomic E-state index is 13.4. The van der Waals surface area contributed by atoms with Crippen LogP contribution in [0.25, 0.3) is 10.8 Å². The number of pyridine rings is 1. The van der Waals surface area contributed by atoms with Crippen LogP contribution in [0.15, 0.2) is 40.0 Å². The number of fused-ring (bicyclic) bond motifs is 1. The summed E-state index contributed by atoms with van der Waals surface area (Å²) in [5.74, 6) is 0. The zero-order chi connectivity index (χ0) is 20.5. The molecule has 0 unspecified atom stereocenters. The molecule has 28 heavy (non-hydrogen) atoms. The highest BCUT2D eigenvalue weighted by Crippen LogP contribution is 2.32. The number of amides is 1. The molecule has 1 aliphatic heterocycles. The fourth-order valence-electron chi connectivity index (χ4n) is 3.27. The largest absolute Gasteiger partial charge is 0.444 e. The van der Waals surface area contributed by atoms with E-state index < -0.39 is 21.7 Å². The van der Waals surface area contributed by atoms with E-state index in [0.717, 1.165) is 5.39 Å². The molecule has 1 aromatic carbocycles. The van der Waals surface area contributed by atoms with Gasteiger partial charge in [0.25, 0.3) is 0 Å². The van der Waals surface area contributed by atoms with Gasteiger partial charge in [0.15, 0.2) is 0 Å². The van der Waals surface area contributed by atoms with Crippen molar-refractivity contribution in [1.82, 2.24) is 14.6 Å². The first-order valence-corrected chi connectivity index (χ1v) is 11.3. The Morgan fingerprint density at radius 3 is 2.79 bits per heavy atom. The van der Waals surface area contributed by atoms with Gasteiger partial charge in [-0.05, 0) is 55.6 Å². The minimum absolute atomic E-state index is 0.209. The number of hydrogen-bond acceptors (Lipinski definition) is 5. The van der Waals surface area contributed by atoms with Crippen molar-refractivity contribution in [3.05, 3.63) is 35.1 Å². The first-order chi connectivity index (χ1) is 13.1. The van der Waals surface area contributed by atoms with Crippen molar-refractivity contribution in [2.24, 2.45) is 0 Å². The summed E-state index contributed by atoms with van der Waals surface area (Å²) >= 11 is 3.42. The summed E-state index contributed by atoms with van der Waals surface area (Å²) in [4.78, 5) is 16.4. The van der Waals surface area contributed by atoms with E-state index in [9.17, 15) is 13.2 Å². The number of carbonyl (C=O) groups excluding carboxylic acids is 1. The zero-order valence-corrected chi connectivity index (χ0v) is 18.5. The first-order valence-electron chi connectivity index (χ1n) is 9.10. The summed E-state index contributed by atoms with van der Waals surface area (Å²) in [6, 6.07) is 4.85. The van der Waals surface area contributed by atoms with Crippen LogP contribution in [-0.4, -0.2) is 48.5 Å². The van der Waals surface area contributed by atoms with Gasteiger partial charge >= 0.3 is 6.09 Å². The van der Waals surface area contributed by atoms with Gasteiger partial charge in [0.1, 0.15) is 5.60 Å². The van der Waals surface area contributed by atoms with E-state index in [2.05, 4.69) is 26.2 Å². The van der Waals surface area contributed by atoms with Gasteiger partial charge in [-0.3, -0.25) is 4.98 Å². The number of hydrogen-bond donors (Lipinski definition) is 1. The molecule has 0 saturated carbocycles. The molecule has 1 N–H and O–H groups in total. The molecule has 1 aliphatic rings. The molecular weight excluding hydrogens is 446 g/mol. The lowest BCUT2D eigenvalue weighted by molar-refractivity contribution is 0.0487. The Bertz CT molecular complexity index is 983. The highest BCUT2D eigenvalue weighted by Gasteiger charge is 2.33. The number of nitrogens with zero attached hydrogens (tertiary/aromatic N) is 2. The van der Waals surface area contributed by atoms with Crippen molar-refractivity contribution in [1.29, 1.82) is 0 Å². The molecule has 2 heterocycles. The molecule has 7 nitrogen and oxygen atoms in total. The van der Waals surface area contributed by atoms with E-state index >= 15 is 0 Å². The van der Waals surface area contributed by atoms with E-state index in [4.69, 9.17) is 4.74 Å². The lowest BCUT2D eigenvalue weighted by atomic mass is 10.1. The van der Waals surface area contributed by atoms with Gasteiger partial charge < -0.3 is 10.1 Å². The molecule has 152 valence electrons. The highest BCUT2D eigenvalue weighted by atomic mass is 79.9. The molecule has 9 heteroatoms. The van der Waals surface area contributed by atoms with Gasteiger partial charge in [-0.1, -0.05) is 12.1 Å². The van der Waals surface area contributed by atoms with E-state index in [-0.39, 0.29) is 17.5 Å². The topological polar surface area (TPSA) is 88.6 Å². The van der Waals surface area contributed by atoms with Crippen molar-refractivity contribution in [3.63, 3.8) is 0 Å². The van der Waals surface area contributed by atoms with Crippen LogP contribution in [0.1, 0.15) is 33.6 Å². The van der Waals surface area contributed by atoms with Crippen LogP contribution < -0.4 is 5.32 Å². The Hall–Kier alpha value is -1.71. The van der Waals surface area contributed by atoms with Crippen molar-refractivity contribution in [3.8, 4) is 0 Å². The summed E-state index contributed by atoms with van der Waals surface area (Å²) in [5, 5.41) is 4.15. The number of halogens is 1. The second-order valence-electron chi connectivity index (χ2n) is 7.82. The minimum Gasteiger partial charge on any atom is -0.444 e. The molecule has 1 aromatic heterocycles. The number of nitrogens with one attached hydrogen (secondary N) is 1. The fourth-order valence-corrected chi connectivity index (χ4v) is 5.72. The molecule has 0 bridgehead atoms. The van der Waals surface area contributed by atoms with E-state index in [1.807, 2.05) is 6.07 Å². The number of piperidine rings is 1. The van der Waals surface area contributed by atoms with Crippen LogP contribution in [0.2, 0.25) is 0 Å². The van der Waals surface area contributed by atoms with Gasteiger partial charge in [-0.15, -0.1) is 0 Å². The van der Waals surface area contributed by atoms with Gasteiger partial charge in [0.05, 0.1) is 4.90 Å². The van der Waals surface area contributed by atoms with E-state index in [0.29, 0.717) is 29.2 Å². The molecule has 2 aromatic rings. The van der Waals surface area contributed by atoms with Gasteiger partial charge in [-0.2, -0.15) is 4.31 Å². The van der Waals surface area contributed by atoms with Gasteiger partial charge in [-0.25, -0.2) is 13.2 Å². The molecule has 1 fully saturated rings. The summed E-state index contributed by atoms with van der Waals surface area (Å²) < 4.78 is 34.1. The molecule has 1 saturated heterocycles. The van der Waals surface area contributed by atoms with Crippen LogP contribution in [0.5, 0.6) is 0 Å². The Labute approximate surface area is 173 Å². The van der Waals surface area contributed by atoms with Gasteiger partial charge in [0.2, 0.25) is 10.0 Å². The van der Waals surface area contributed by atoms with Gasteiger partial charge in [0, 0.05) is 46.8 Å². The Kier molecular flexibility index (Phi) is 5.97. The first kappa shape index (κ1) is 21.0. The Morgan fingerprint density at radius 1 is 1.32 bits per heavy atom. The van der Waals surface area contributed by atoms with Crippen LogP contribution in [-0.2, 0) is 14.8 Å². The quantitative estimate of drug-likeness (QED) is 0.740. The molecule has 0 spiro atoms. The predicted molar refractivity (Wildman–Crippen MR) is 111 cm³/mol. The van der Waals surface area contributed by atoms with Crippen molar-refractivity contribution < 1.29 is 17.9 Å². The number of aromatic nitrogens is 1. The zero-order valence-electron chi connectivity index (χ0n) is 16.1. The minimum atomic E-state index is -3.73. The molecular formula is C19H24BrN3O4S. The number of ether oxygens (including phenoxy) is 1. The lowest BCUT2D eigenvalue weighted by Gasteiger charge is -2.33. The standard InChI is InChI=1S/C19H24BrN3O4S/c1-19(2,3)27-18(24)22-14-7-5-9-23(12-14)28(25,26)16-8-4-6-13-10-21-11-15(20)17(13)16/h4,6,8,10-11,14H,5,7,9,12H2,1-3H3,(H,22,24)/t14-/m0/s1. The lowest BCUT2D eigenvalue weighted by Crippen LogP contribution is -2.50. The number of carbonyl (C=O) groups is 1. The Balaban J connectivity index is 1.84. The predicted octanol–water partition coefficient (Wildman–Crippen LogP) is 3.68. The van der Waals surface area contributed by atoms with Crippen molar-refractivity contribution in [2.45, 2.75) is 50.2 Å². The molecule has 0 aliphatic carbocycles. The molecule has 0 radical (unpaired) electrons. The number of sulfonamides is 1. The summed E-state index contributed by atoms with van der Waals surface area (Å²) in [6.07, 6.45) is 4.06. The molecule has 1 atom stereocenters. The van der Waals surface area contributed by atoms with E-state index in [1.54, 1.807) is 45.3 Å². The summed E-state index contributed by atoms with van der Waals surface area (Å²) in [5.41, 5.74) is -0.603. The second-order valence-corrected chi connectivity index (χ2v) is 10.6. The average Bonchev–Trinajstić information content (AvgIpc) is 2.60. The smallest absolute Gasteiger partial charge is 0.407 e. The van der Waals surface area contributed by atoms with Crippen LogP contribution >= 0.6 is 15.9 Å². The third kappa shape index (κ3) is 4.64. The third-order valence-electron chi connectivity index (χ3n) is 4.42. The second kappa shape index (κ2) is 7.96. The maximum absolute atomic E-state index is 13.4. The normalized spacial score (nSPS) is 18.8. The van der Waals surface area contributed by atoms with E-state index in [1.165, 1.54) is 4.31 Å².